The lowest BCUT2D eigenvalue weighted by Gasteiger charge is -2.30. The third kappa shape index (κ3) is 10.8. The molecule has 8 heteroatoms. The highest BCUT2D eigenvalue weighted by Crippen LogP contribution is 2.29. The van der Waals surface area contributed by atoms with Crippen LogP contribution in [0.4, 0.5) is 0 Å². The normalized spacial score (nSPS) is 14.8. The van der Waals surface area contributed by atoms with Crippen LogP contribution in [0, 0.1) is 5.92 Å². The van der Waals surface area contributed by atoms with E-state index in [4.69, 9.17) is 14.2 Å². The summed E-state index contributed by atoms with van der Waals surface area (Å²) in [5.74, 6) is -0.506. The molecule has 0 radical (unpaired) electrons. The summed E-state index contributed by atoms with van der Waals surface area (Å²) in [7, 11) is 1.48. The minimum atomic E-state index is -0.503. The van der Waals surface area contributed by atoms with E-state index in [-0.39, 0.29) is 18.3 Å². The smallest absolute Gasteiger partial charge is 0.302 e. The fourth-order valence-electron chi connectivity index (χ4n) is 3.80. The van der Waals surface area contributed by atoms with Crippen molar-refractivity contribution in [3.05, 3.63) is 23.8 Å². The zero-order valence-electron chi connectivity index (χ0n) is 19.6. The van der Waals surface area contributed by atoms with Gasteiger partial charge in [-0.1, -0.05) is 6.07 Å². The summed E-state index contributed by atoms with van der Waals surface area (Å²) in [5, 5.41) is 28.8. The summed E-state index contributed by atoms with van der Waals surface area (Å²) in [6.45, 7) is 4.41. The molecular weight excluding hydrogens is 416 g/mol. The van der Waals surface area contributed by atoms with Crippen molar-refractivity contribution in [2.24, 2.45) is 5.92 Å². The zero-order valence-corrected chi connectivity index (χ0v) is 19.6. The number of aromatic hydroxyl groups is 1. The topological polar surface area (TPSA) is 123 Å². The molecule has 0 amide bonds. The minimum Gasteiger partial charge on any atom is -0.504 e. The van der Waals surface area contributed by atoms with Crippen molar-refractivity contribution in [3.8, 4) is 11.5 Å². The number of methoxy groups -OCH3 is 1. The number of hydrogen-bond donors (Lipinski definition) is 3. The number of aryl methyl sites for hydroxylation is 1. The van der Waals surface area contributed by atoms with Gasteiger partial charge in [-0.3, -0.25) is 9.59 Å². The van der Waals surface area contributed by atoms with E-state index >= 15 is 0 Å². The molecule has 0 aliphatic rings. The summed E-state index contributed by atoms with van der Waals surface area (Å²) in [6, 6.07) is 5.06. The van der Waals surface area contributed by atoms with Crippen molar-refractivity contribution in [1.29, 1.82) is 0 Å². The molecule has 32 heavy (non-hydrogen) atoms. The van der Waals surface area contributed by atoms with Gasteiger partial charge < -0.3 is 29.5 Å². The van der Waals surface area contributed by atoms with Crippen LogP contribution in [0.5, 0.6) is 11.5 Å². The van der Waals surface area contributed by atoms with Crippen molar-refractivity contribution in [3.63, 3.8) is 0 Å². The predicted octanol–water partition coefficient (Wildman–Crippen LogP) is 3.14. The second kappa shape index (κ2) is 14.7. The molecule has 0 aliphatic heterocycles. The third-order valence-electron chi connectivity index (χ3n) is 5.36. The van der Waals surface area contributed by atoms with Gasteiger partial charge in [-0.2, -0.15) is 0 Å². The molecule has 0 spiro atoms. The lowest BCUT2D eigenvalue weighted by atomic mass is 9.87. The van der Waals surface area contributed by atoms with Crippen molar-refractivity contribution < 1.29 is 39.1 Å². The summed E-state index contributed by atoms with van der Waals surface area (Å²) in [6.07, 6.45) is 2.25. The van der Waals surface area contributed by atoms with Crippen LogP contribution in [-0.2, 0) is 25.5 Å². The molecule has 0 bridgehead atoms. The lowest BCUT2D eigenvalue weighted by molar-refractivity contribution is -0.156. The Morgan fingerprint density at radius 1 is 1.03 bits per heavy atom. The molecule has 1 aromatic rings. The maximum Gasteiger partial charge on any atom is 0.302 e. The van der Waals surface area contributed by atoms with E-state index in [0.717, 1.165) is 5.56 Å². The second-order valence-electron chi connectivity index (χ2n) is 8.21. The molecule has 0 heterocycles. The third-order valence-corrected chi connectivity index (χ3v) is 5.36. The molecule has 0 aliphatic carbocycles. The number of aliphatic hydroxyl groups excluding tert-OH is 2. The number of phenolic OH excluding ortho intramolecular Hbond substituents is 1. The zero-order chi connectivity index (χ0) is 24.1. The van der Waals surface area contributed by atoms with Gasteiger partial charge in [-0.05, 0) is 69.1 Å². The number of benzene rings is 1. The van der Waals surface area contributed by atoms with E-state index in [1.165, 1.54) is 21.0 Å². The lowest BCUT2D eigenvalue weighted by Crippen LogP contribution is -2.33. The van der Waals surface area contributed by atoms with Gasteiger partial charge in [0.1, 0.15) is 12.2 Å². The van der Waals surface area contributed by atoms with Crippen LogP contribution in [-0.4, -0.2) is 59.3 Å². The van der Waals surface area contributed by atoms with E-state index in [1.54, 1.807) is 25.1 Å². The standard InChI is InChI=1S/C24H38O8/c1-16(26)7-10-20(6-5-13-25)23(32-18(3)28)15-21(31-17(2)27)11-8-19-9-12-22(29)24(14-19)30-4/h9,12,14,16,20-21,23,25-26,29H,5-8,10-11,13,15H2,1-4H3/t16-,20+,21-,23-/m0/s1. The van der Waals surface area contributed by atoms with E-state index in [9.17, 15) is 24.9 Å². The Labute approximate surface area is 190 Å². The molecule has 1 aromatic carbocycles. The maximum absolute atomic E-state index is 11.8. The molecule has 8 nitrogen and oxygen atoms in total. The van der Waals surface area contributed by atoms with Crippen molar-refractivity contribution in [1.82, 2.24) is 0 Å². The molecule has 182 valence electrons. The van der Waals surface area contributed by atoms with Crippen molar-refractivity contribution >= 4 is 11.9 Å². The fraction of sp³-hybridized carbons (Fsp3) is 0.667. The van der Waals surface area contributed by atoms with Crippen molar-refractivity contribution in [2.75, 3.05) is 13.7 Å². The fourth-order valence-corrected chi connectivity index (χ4v) is 3.80. The number of phenols is 1. The first-order valence-electron chi connectivity index (χ1n) is 11.2. The number of carbonyl (C=O) groups is 2. The molecule has 1 rings (SSSR count). The summed E-state index contributed by atoms with van der Waals surface area (Å²) < 4.78 is 16.3. The minimum absolute atomic E-state index is 0.0219. The van der Waals surface area contributed by atoms with Gasteiger partial charge in [0, 0.05) is 26.9 Å². The summed E-state index contributed by atoms with van der Waals surface area (Å²) in [4.78, 5) is 23.5. The number of carbonyl (C=O) groups excluding carboxylic acids is 2. The van der Waals surface area contributed by atoms with E-state index < -0.39 is 30.3 Å². The Hall–Kier alpha value is -2.32. The van der Waals surface area contributed by atoms with Crippen LogP contribution in [0.2, 0.25) is 0 Å². The van der Waals surface area contributed by atoms with Gasteiger partial charge >= 0.3 is 11.9 Å². The van der Waals surface area contributed by atoms with Gasteiger partial charge in [-0.25, -0.2) is 0 Å². The molecule has 0 fully saturated rings. The van der Waals surface area contributed by atoms with Gasteiger partial charge in [-0.15, -0.1) is 0 Å². The predicted molar refractivity (Wildman–Crippen MR) is 119 cm³/mol. The molecule has 0 saturated carbocycles. The average molecular weight is 455 g/mol. The van der Waals surface area contributed by atoms with Crippen LogP contribution in [0.15, 0.2) is 18.2 Å². The Morgan fingerprint density at radius 2 is 1.72 bits per heavy atom. The number of rotatable bonds is 15. The largest absolute Gasteiger partial charge is 0.504 e. The molecule has 0 saturated heterocycles. The molecule has 3 N–H and O–H groups in total. The molecular formula is C24H38O8. The maximum atomic E-state index is 11.8. The van der Waals surface area contributed by atoms with Crippen LogP contribution in [0.1, 0.15) is 64.9 Å². The summed E-state index contributed by atoms with van der Waals surface area (Å²) in [5.41, 5.74) is 0.909. The first kappa shape index (κ1) is 27.7. The van der Waals surface area contributed by atoms with Gasteiger partial charge in [0.2, 0.25) is 0 Å². The highest BCUT2D eigenvalue weighted by molar-refractivity contribution is 5.66. The van der Waals surface area contributed by atoms with Gasteiger partial charge in [0.05, 0.1) is 13.2 Å². The van der Waals surface area contributed by atoms with Crippen LogP contribution >= 0.6 is 0 Å². The number of esters is 2. The van der Waals surface area contributed by atoms with Gasteiger partial charge in [0.15, 0.2) is 11.5 Å². The summed E-state index contributed by atoms with van der Waals surface area (Å²) >= 11 is 0. The molecule has 0 aromatic heterocycles. The first-order chi connectivity index (χ1) is 15.2. The van der Waals surface area contributed by atoms with Crippen LogP contribution in [0.3, 0.4) is 0 Å². The van der Waals surface area contributed by atoms with E-state index in [0.29, 0.717) is 50.7 Å². The number of aliphatic hydroxyl groups is 2. The van der Waals surface area contributed by atoms with Crippen molar-refractivity contribution in [2.45, 2.75) is 84.0 Å². The molecule has 0 unspecified atom stereocenters. The highest BCUT2D eigenvalue weighted by atomic mass is 16.6. The number of hydrogen-bond acceptors (Lipinski definition) is 8. The Kier molecular flexibility index (Phi) is 12.7. The van der Waals surface area contributed by atoms with E-state index in [1.807, 2.05) is 0 Å². The second-order valence-corrected chi connectivity index (χ2v) is 8.21. The quantitative estimate of drug-likeness (QED) is 0.346. The highest BCUT2D eigenvalue weighted by Gasteiger charge is 2.29. The van der Waals surface area contributed by atoms with Crippen LogP contribution in [0.25, 0.3) is 0 Å². The average Bonchev–Trinajstić information content (AvgIpc) is 2.71. The van der Waals surface area contributed by atoms with Gasteiger partial charge in [0.25, 0.3) is 0 Å². The Morgan fingerprint density at radius 3 is 2.28 bits per heavy atom. The van der Waals surface area contributed by atoms with Crippen LogP contribution < -0.4 is 4.74 Å². The number of ether oxygens (including phenoxy) is 3. The first-order valence-corrected chi connectivity index (χ1v) is 11.2. The SMILES string of the molecule is COc1cc(CC[C@@H](C[C@H](OC(C)=O)[C@H](CCCO)CC[C@H](C)O)OC(C)=O)ccc1O. The Bertz CT molecular complexity index is 703. The Balaban J connectivity index is 2.98. The molecule has 4 atom stereocenters. The monoisotopic (exact) mass is 454 g/mol. The van der Waals surface area contributed by atoms with E-state index in [2.05, 4.69) is 0 Å².